The van der Waals surface area contributed by atoms with Crippen LogP contribution in [0, 0.1) is 0 Å². The summed E-state index contributed by atoms with van der Waals surface area (Å²) in [5, 5.41) is 5.50. The molecule has 2 N–H and O–H groups in total. The van der Waals surface area contributed by atoms with E-state index < -0.39 is 23.4 Å². The van der Waals surface area contributed by atoms with Crippen LogP contribution in [0.4, 0.5) is 10.5 Å². The highest BCUT2D eigenvalue weighted by atomic mass is 16.2. The zero-order valence-electron chi connectivity index (χ0n) is 17.1. The summed E-state index contributed by atoms with van der Waals surface area (Å²) in [5.41, 5.74) is 2.45. The first kappa shape index (κ1) is 20.6. The van der Waals surface area contributed by atoms with E-state index in [1.807, 2.05) is 49.4 Å². The van der Waals surface area contributed by atoms with Gasteiger partial charge < -0.3 is 10.6 Å². The van der Waals surface area contributed by atoms with Gasteiger partial charge in [0, 0.05) is 5.69 Å². The van der Waals surface area contributed by atoms with Gasteiger partial charge in [-0.3, -0.25) is 14.5 Å². The first-order chi connectivity index (χ1) is 13.9. The Balaban J connectivity index is 1.71. The molecule has 0 aliphatic carbocycles. The number of benzene rings is 2. The second kappa shape index (κ2) is 8.47. The highest BCUT2D eigenvalue weighted by Crippen LogP contribution is 2.29. The van der Waals surface area contributed by atoms with Crippen LogP contribution in [0.15, 0.2) is 48.5 Å². The van der Waals surface area contributed by atoms with Crippen molar-refractivity contribution in [2.75, 3.05) is 11.9 Å². The average molecular weight is 393 g/mol. The van der Waals surface area contributed by atoms with Crippen molar-refractivity contribution in [2.45, 2.75) is 45.6 Å². The maximum Gasteiger partial charge on any atom is 0.325 e. The Bertz CT molecular complexity index is 923. The molecule has 1 saturated heterocycles. The first-order valence-corrected chi connectivity index (χ1v) is 9.99. The summed E-state index contributed by atoms with van der Waals surface area (Å²) < 4.78 is 0. The lowest BCUT2D eigenvalue weighted by atomic mass is 9.91. The fourth-order valence-electron chi connectivity index (χ4n) is 3.54. The number of aryl methyl sites for hydroxylation is 2. The molecule has 1 atom stereocenters. The van der Waals surface area contributed by atoms with Crippen molar-refractivity contribution in [3.8, 4) is 0 Å². The van der Waals surface area contributed by atoms with E-state index >= 15 is 0 Å². The summed E-state index contributed by atoms with van der Waals surface area (Å²) in [7, 11) is 0. The standard InChI is InChI=1S/C23H27N3O3/c1-4-7-17-10-12-18(13-11-17)23(3)21(28)26(22(29)25-23)15-20(27)24-19-9-6-8-16(5-2)14-19/h6,8-14H,4-5,7,15H2,1-3H3,(H,24,27)(H,25,29). The number of hydrogen-bond donors (Lipinski definition) is 2. The number of carbonyl (C=O) groups is 3. The second-order valence-corrected chi connectivity index (χ2v) is 7.50. The van der Waals surface area contributed by atoms with Crippen LogP contribution in [0.5, 0.6) is 0 Å². The Morgan fingerprint density at radius 3 is 2.45 bits per heavy atom. The van der Waals surface area contributed by atoms with Gasteiger partial charge in [-0.15, -0.1) is 0 Å². The SMILES string of the molecule is CCCc1ccc(C2(C)NC(=O)N(CC(=O)Nc3cccc(CC)c3)C2=O)cc1. The van der Waals surface area contributed by atoms with Crippen molar-refractivity contribution in [1.82, 2.24) is 10.2 Å². The molecule has 0 bridgehead atoms. The normalized spacial score (nSPS) is 18.7. The molecule has 3 rings (SSSR count). The second-order valence-electron chi connectivity index (χ2n) is 7.50. The van der Waals surface area contributed by atoms with Gasteiger partial charge in [0.1, 0.15) is 12.1 Å². The number of nitrogens with one attached hydrogen (secondary N) is 2. The zero-order valence-corrected chi connectivity index (χ0v) is 17.1. The number of hydrogen-bond acceptors (Lipinski definition) is 3. The van der Waals surface area contributed by atoms with Crippen molar-refractivity contribution >= 4 is 23.5 Å². The van der Waals surface area contributed by atoms with Crippen molar-refractivity contribution in [3.63, 3.8) is 0 Å². The van der Waals surface area contributed by atoms with E-state index in [2.05, 4.69) is 17.6 Å². The van der Waals surface area contributed by atoms with Gasteiger partial charge in [-0.2, -0.15) is 0 Å². The summed E-state index contributed by atoms with van der Waals surface area (Å²) >= 11 is 0. The fraction of sp³-hybridized carbons (Fsp3) is 0.348. The Morgan fingerprint density at radius 1 is 1.07 bits per heavy atom. The monoisotopic (exact) mass is 393 g/mol. The van der Waals surface area contributed by atoms with Crippen LogP contribution in [-0.2, 0) is 28.0 Å². The Labute approximate surface area is 171 Å². The molecule has 0 aromatic heterocycles. The highest BCUT2D eigenvalue weighted by molar-refractivity contribution is 6.10. The molecule has 4 amide bonds. The van der Waals surface area contributed by atoms with Crippen molar-refractivity contribution in [2.24, 2.45) is 0 Å². The third kappa shape index (κ3) is 4.31. The molecule has 152 valence electrons. The number of imide groups is 1. The lowest BCUT2D eigenvalue weighted by molar-refractivity contribution is -0.133. The third-order valence-corrected chi connectivity index (χ3v) is 5.27. The molecular formula is C23H27N3O3. The Hall–Kier alpha value is -3.15. The predicted octanol–water partition coefficient (Wildman–Crippen LogP) is 3.61. The molecule has 6 heteroatoms. The van der Waals surface area contributed by atoms with Crippen LogP contribution >= 0.6 is 0 Å². The molecule has 1 unspecified atom stereocenters. The van der Waals surface area contributed by atoms with Gasteiger partial charge in [0.05, 0.1) is 0 Å². The maximum atomic E-state index is 13.0. The minimum Gasteiger partial charge on any atom is -0.325 e. The van der Waals surface area contributed by atoms with Crippen LogP contribution in [0.1, 0.15) is 43.9 Å². The predicted molar refractivity (Wildman–Crippen MR) is 112 cm³/mol. The van der Waals surface area contributed by atoms with E-state index in [1.54, 1.807) is 13.0 Å². The quantitative estimate of drug-likeness (QED) is 0.706. The molecule has 6 nitrogen and oxygen atoms in total. The molecule has 1 heterocycles. The molecule has 0 spiro atoms. The van der Waals surface area contributed by atoms with Gasteiger partial charge in [-0.1, -0.05) is 56.7 Å². The van der Waals surface area contributed by atoms with Crippen LogP contribution in [0.2, 0.25) is 0 Å². The summed E-state index contributed by atoms with van der Waals surface area (Å²) in [6, 6.07) is 14.6. The molecule has 2 aromatic carbocycles. The minimum absolute atomic E-state index is 0.329. The number of nitrogens with zero attached hydrogens (tertiary/aromatic N) is 1. The number of rotatable bonds is 7. The van der Waals surface area contributed by atoms with Crippen molar-refractivity contribution < 1.29 is 14.4 Å². The van der Waals surface area contributed by atoms with E-state index in [1.165, 1.54) is 5.56 Å². The summed E-state index contributed by atoms with van der Waals surface area (Å²) in [4.78, 5) is 38.9. The largest absolute Gasteiger partial charge is 0.325 e. The van der Waals surface area contributed by atoms with Gasteiger partial charge in [0.15, 0.2) is 0 Å². The van der Waals surface area contributed by atoms with E-state index in [9.17, 15) is 14.4 Å². The Morgan fingerprint density at radius 2 is 1.79 bits per heavy atom. The lowest BCUT2D eigenvalue weighted by Gasteiger charge is -2.22. The fourth-order valence-corrected chi connectivity index (χ4v) is 3.54. The topological polar surface area (TPSA) is 78.5 Å². The maximum absolute atomic E-state index is 13.0. The molecule has 1 aliphatic rings. The van der Waals surface area contributed by atoms with E-state index in [4.69, 9.17) is 0 Å². The van der Waals surface area contributed by atoms with E-state index in [-0.39, 0.29) is 6.54 Å². The van der Waals surface area contributed by atoms with Gasteiger partial charge in [0.25, 0.3) is 5.91 Å². The van der Waals surface area contributed by atoms with Gasteiger partial charge in [-0.25, -0.2) is 4.79 Å². The number of amides is 4. The Kier molecular flexibility index (Phi) is 6.01. The third-order valence-electron chi connectivity index (χ3n) is 5.27. The number of anilines is 1. The van der Waals surface area contributed by atoms with Gasteiger partial charge in [0.2, 0.25) is 5.91 Å². The number of urea groups is 1. The average Bonchev–Trinajstić information content (AvgIpc) is 2.93. The molecule has 2 aromatic rings. The van der Waals surface area contributed by atoms with Crippen LogP contribution in [-0.4, -0.2) is 29.3 Å². The van der Waals surface area contributed by atoms with Gasteiger partial charge >= 0.3 is 6.03 Å². The molecule has 0 saturated carbocycles. The minimum atomic E-state index is -1.18. The van der Waals surface area contributed by atoms with Crippen LogP contribution < -0.4 is 10.6 Å². The summed E-state index contributed by atoms with van der Waals surface area (Å²) in [6.45, 7) is 5.48. The highest BCUT2D eigenvalue weighted by Gasteiger charge is 2.49. The van der Waals surface area contributed by atoms with Crippen molar-refractivity contribution in [3.05, 3.63) is 65.2 Å². The first-order valence-electron chi connectivity index (χ1n) is 9.99. The zero-order chi connectivity index (χ0) is 21.0. The van der Waals surface area contributed by atoms with E-state index in [0.717, 1.165) is 29.7 Å². The van der Waals surface area contributed by atoms with Gasteiger partial charge in [-0.05, 0) is 48.6 Å². The molecule has 0 radical (unpaired) electrons. The smallest absolute Gasteiger partial charge is 0.325 e. The van der Waals surface area contributed by atoms with Crippen LogP contribution in [0.25, 0.3) is 0 Å². The van der Waals surface area contributed by atoms with Crippen molar-refractivity contribution in [1.29, 1.82) is 0 Å². The molecule has 1 fully saturated rings. The molecule has 29 heavy (non-hydrogen) atoms. The summed E-state index contributed by atoms with van der Waals surface area (Å²) in [6.07, 6.45) is 2.85. The molecule has 1 aliphatic heterocycles. The van der Waals surface area contributed by atoms with E-state index in [0.29, 0.717) is 11.3 Å². The number of carbonyl (C=O) groups excluding carboxylic acids is 3. The summed E-state index contributed by atoms with van der Waals surface area (Å²) in [5.74, 6) is -0.840. The molecular weight excluding hydrogens is 366 g/mol. The lowest BCUT2D eigenvalue weighted by Crippen LogP contribution is -2.42. The van der Waals surface area contributed by atoms with Crippen LogP contribution in [0.3, 0.4) is 0 Å².